The minimum Gasteiger partial charge on any atom is -0.376 e. The van der Waals surface area contributed by atoms with Crippen LogP contribution in [0.3, 0.4) is 0 Å². The molecule has 0 aromatic carbocycles. The molecule has 8 heteroatoms. The number of nitrogen functional groups attached to an aromatic ring is 1. The van der Waals surface area contributed by atoms with Crippen molar-refractivity contribution in [3.05, 3.63) is 5.01 Å². The number of nitrogens with two attached hydrogens (primary N) is 1. The van der Waals surface area contributed by atoms with E-state index in [0.717, 1.165) is 19.4 Å². The molecular formula is C11H18N4O3S. The Bertz CT molecular complexity index is 406. The number of amides is 1. The molecule has 1 saturated heterocycles. The molecule has 0 bridgehead atoms. The average Bonchev–Trinajstić information content (AvgIpc) is 2.83. The Morgan fingerprint density at radius 3 is 3.11 bits per heavy atom. The third-order valence-corrected chi connectivity index (χ3v) is 3.48. The van der Waals surface area contributed by atoms with Gasteiger partial charge in [-0.15, -0.1) is 10.2 Å². The van der Waals surface area contributed by atoms with Crippen LogP contribution < -0.4 is 11.1 Å². The number of ether oxygens (including phenoxy) is 2. The van der Waals surface area contributed by atoms with Crippen molar-refractivity contribution >= 4 is 22.4 Å². The van der Waals surface area contributed by atoms with E-state index in [1.807, 2.05) is 0 Å². The number of carbonyl (C=O) groups excluding carboxylic acids is 1. The molecule has 0 radical (unpaired) electrons. The molecule has 1 aromatic rings. The summed E-state index contributed by atoms with van der Waals surface area (Å²) in [7, 11) is 0. The van der Waals surface area contributed by atoms with Gasteiger partial charge in [0.05, 0.1) is 19.3 Å². The van der Waals surface area contributed by atoms with E-state index < -0.39 is 0 Å². The van der Waals surface area contributed by atoms with E-state index in [4.69, 9.17) is 15.2 Å². The first-order chi connectivity index (χ1) is 9.24. The second-order valence-corrected chi connectivity index (χ2v) is 5.41. The van der Waals surface area contributed by atoms with Crippen molar-refractivity contribution < 1.29 is 14.3 Å². The molecule has 0 saturated carbocycles. The molecule has 19 heavy (non-hydrogen) atoms. The quantitative estimate of drug-likeness (QED) is 0.781. The first-order valence-corrected chi connectivity index (χ1v) is 7.09. The maximum atomic E-state index is 11.5. The van der Waals surface area contributed by atoms with E-state index in [1.165, 1.54) is 17.8 Å². The third-order valence-electron chi connectivity index (χ3n) is 2.73. The fourth-order valence-electron chi connectivity index (χ4n) is 1.79. The number of carbonyl (C=O) groups is 1. The average molecular weight is 286 g/mol. The second-order valence-electron chi connectivity index (χ2n) is 4.31. The number of hydrogen-bond donors (Lipinski definition) is 2. The van der Waals surface area contributed by atoms with Crippen LogP contribution in [0.2, 0.25) is 0 Å². The molecule has 1 aliphatic rings. The maximum absolute atomic E-state index is 11.5. The first kappa shape index (κ1) is 14.2. The normalized spacial score (nSPS) is 19.3. The fourth-order valence-corrected chi connectivity index (χ4v) is 2.33. The topological polar surface area (TPSA) is 99.4 Å². The zero-order chi connectivity index (χ0) is 13.5. The van der Waals surface area contributed by atoms with Gasteiger partial charge in [-0.05, 0) is 19.3 Å². The van der Waals surface area contributed by atoms with Crippen LogP contribution in [0, 0.1) is 0 Å². The van der Waals surface area contributed by atoms with Gasteiger partial charge in [0.1, 0.15) is 11.6 Å². The zero-order valence-corrected chi connectivity index (χ0v) is 11.4. The Hall–Kier alpha value is -1.25. The minimum absolute atomic E-state index is 0.0359. The van der Waals surface area contributed by atoms with E-state index in [0.29, 0.717) is 23.3 Å². The highest BCUT2D eigenvalue weighted by Crippen LogP contribution is 2.12. The van der Waals surface area contributed by atoms with Crippen LogP contribution in [0.15, 0.2) is 0 Å². The Morgan fingerprint density at radius 2 is 2.42 bits per heavy atom. The van der Waals surface area contributed by atoms with Crippen LogP contribution in [-0.4, -0.2) is 42.0 Å². The summed E-state index contributed by atoms with van der Waals surface area (Å²) in [4.78, 5) is 11.5. The van der Waals surface area contributed by atoms with Crippen molar-refractivity contribution in [3.63, 3.8) is 0 Å². The summed E-state index contributed by atoms with van der Waals surface area (Å²) in [5.74, 6) is -0.176. The Kier molecular flexibility index (Phi) is 5.49. The summed E-state index contributed by atoms with van der Waals surface area (Å²) in [5.41, 5.74) is 5.44. The number of aromatic nitrogens is 2. The van der Waals surface area contributed by atoms with Gasteiger partial charge in [-0.25, -0.2) is 0 Å². The second kappa shape index (κ2) is 7.37. The number of hydrogen-bond acceptors (Lipinski definition) is 7. The van der Waals surface area contributed by atoms with Gasteiger partial charge in [0.2, 0.25) is 11.0 Å². The Morgan fingerprint density at radius 1 is 1.53 bits per heavy atom. The molecule has 7 nitrogen and oxygen atoms in total. The van der Waals surface area contributed by atoms with Gasteiger partial charge in [-0.2, -0.15) is 0 Å². The van der Waals surface area contributed by atoms with Gasteiger partial charge < -0.3 is 20.5 Å². The lowest BCUT2D eigenvalue weighted by Gasteiger charge is -2.22. The van der Waals surface area contributed by atoms with Crippen LogP contribution in [0.25, 0.3) is 0 Å². The van der Waals surface area contributed by atoms with E-state index >= 15 is 0 Å². The zero-order valence-electron chi connectivity index (χ0n) is 10.6. The fraction of sp³-hybridized carbons (Fsp3) is 0.727. The molecule has 106 valence electrons. The van der Waals surface area contributed by atoms with Gasteiger partial charge in [-0.1, -0.05) is 11.3 Å². The number of nitrogens with zero attached hydrogens (tertiary/aromatic N) is 2. The summed E-state index contributed by atoms with van der Waals surface area (Å²) in [5, 5.41) is 11.3. The maximum Gasteiger partial charge on any atom is 0.246 e. The standard InChI is InChI=1S/C11H18N4O3S/c12-11-15-14-10(19-11)5-13-9(16)7-17-6-8-3-1-2-4-18-8/h8H,1-7H2,(H2,12,15)(H,13,16)/t8-/m1/s1. The van der Waals surface area contributed by atoms with Crippen molar-refractivity contribution in [1.29, 1.82) is 0 Å². The van der Waals surface area contributed by atoms with Crippen LogP contribution in [0.1, 0.15) is 24.3 Å². The molecule has 1 aromatic heterocycles. The molecule has 1 aliphatic heterocycles. The van der Waals surface area contributed by atoms with Gasteiger partial charge >= 0.3 is 0 Å². The van der Waals surface area contributed by atoms with E-state index in [2.05, 4.69) is 15.5 Å². The van der Waals surface area contributed by atoms with Crippen LogP contribution in [0.5, 0.6) is 0 Å². The van der Waals surface area contributed by atoms with Crippen LogP contribution in [-0.2, 0) is 20.8 Å². The highest BCUT2D eigenvalue weighted by atomic mass is 32.1. The lowest BCUT2D eigenvalue weighted by Crippen LogP contribution is -2.30. The van der Waals surface area contributed by atoms with Gasteiger partial charge in [0.25, 0.3) is 0 Å². The van der Waals surface area contributed by atoms with E-state index in [9.17, 15) is 4.79 Å². The molecule has 1 atom stereocenters. The number of nitrogens with one attached hydrogen (secondary N) is 1. The summed E-state index contributed by atoms with van der Waals surface area (Å²) in [6, 6.07) is 0. The summed E-state index contributed by atoms with van der Waals surface area (Å²) in [6.45, 7) is 1.63. The molecule has 1 amide bonds. The lowest BCUT2D eigenvalue weighted by molar-refractivity contribution is -0.128. The molecule has 2 heterocycles. The molecule has 1 fully saturated rings. The lowest BCUT2D eigenvalue weighted by atomic mass is 10.1. The predicted molar refractivity (Wildman–Crippen MR) is 70.6 cm³/mol. The molecule has 2 rings (SSSR count). The van der Waals surface area contributed by atoms with Crippen molar-refractivity contribution in [2.75, 3.05) is 25.6 Å². The third kappa shape index (κ3) is 5.09. The molecule has 0 aliphatic carbocycles. The summed E-state index contributed by atoms with van der Waals surface area (Å²) >= 11 is 1.26. The van der Waals surface area contributed by atoms with E-state index in [1.54, 1.807) is 0 Å². The smallest absolute Gasteiger partial charge is 0.246 e. The number of rotatable bonds is 6. The summed E-state index contributed by atoms with van der Waals surface area (Å²) in [6.07, 6.45) is 3.41. The molecule has 0 unspecified atom stereocenters. The first-order valence-electron chi connectivity index (χ1n) is 6.28. The van der Waals surface area contributed by atoms with Crippen molar-refractivity contribution in [2.24, 2.45) is 0 Å². The molecule has 0 spiro atoms. The summed E-state index contributed by atoms with van der Waals surface area (Å²) < 4.78 is 10.8. The van der Waals surface area contributed by atoms with Crippen molar-refractivity contribution in [3.8, 4) is 0 Å². The van der Waals surface area contributed by atoms with Crippen molar-refractivity contribution in [2.45, 2.75) is 31.9 Å². The number of anilines is 1. The van der Waals surface area contributed by atoms with Gasteiger partial charge in [0, 0.05) is 6.61 Å². The minimum atomic E-state index is -0.176. The van der Waals surface area contributed by atoms with Gasteiger partial charge in [0.15, 0.2) is 0 Å². The highest BCUT2D eigenvalue weighted by Gasteiger charge is 2.14. The largest absolute Gasteiger partial charge is 0.376 e. The van der Waals surface area contributed by atoms with Crippen LogP contribution in [0.4, 0.5) is 5.13 Å². The molecule has 3 N–H and O–H groups in total. The SMILES string of the molecule is Nc1nnc(CNC(=O)COC[C@H]2CCCCO2)s1. The Labute approximate surface area is 115 Å². The Balaban J connectivity index is 1.56. The van der Waals surface area contributed by atoms with Gasteiger partial charge in [-0.3, -0.25) is 4.79 Å². The predicted octanol–water partition coefficient (Wildman–Crippen LogP) is 0.322. The van der Waals surface area contributed by atoms with E-state index in [-0.39, 0.29) is 18.6 Å². The monoisotopic (exact) mass is 286 g/mol. The highest BCUT2D eigenvalue weighted by molar-refractivity contribution is 7.15. The van der Waals surface area contributed by atoms with Crippen LogP contribution >= 0.6 is 11.3 Å². The molecular weight excluding hydrogens is 268 g/mol. The van der Waals surface area contributed by atoms with Crippen molar-refractivity contribution in [1.82, 2.24) is 15.5 Å².